The van der Waals surface area contributed by atoms with Gasteiger partial charge in [0, 0.05) is 12.6 Å². The van der Waals surface area contributed by atoms with Gasteiger partial charge in [0.15, 0.2) is 0 Å². The van der Waals surface area contributed by atoms with Crippen LogP contribution in [-0.4, -0.2) is 18.8 Å². The van der Waals surface area contributed by atoms with Crippen molar-refractivity contribution in [1.82, 2.24) is 0 Å². The van der Waals surface area contributed by atoms with Crippen LogP contribution in [0, 0.1) is 0 Å². The average Bonchev–Trinajstić information content (AvgIpc) is 2.32. The Bertz CT molecular complexity index is 150. The molecule has 0 aliphatic heterocycles. The number of hydrogen-bond donors (Lipinski definition) is 1. The number of rotatable bonds is 12. The lowest BCUT2D eigenvalue weighted by Gasteiger charge is -2.19. The van der Waals surface area contributed by atoms with E-state index in [4.69, 9.17) is 10.5 Å². The first-order chi connectivity index (χ1) is 8.22. The molecule has 0 fully saturated rings. The number of unbranched alkanes of at least 4 members (excludes halogenated alkanes) is 7. The van der Waals surface area contributed by atoms with E-state index >= 15 is 0 Å². The van der Waals surface area contributed by atoms with Gasteiger partial charge in [0.05, 0.1) is 6.10 Å². The molecule has 0 aromatic rings. The number of nitrogens with two attached hydrogens (primary N) is 1. The summed E-state index contributed by atoms with van der Waals surface area (Å²) in [5, 5.41) is 0. The maximum atomic E-state index is 6.06. The molecule has 0 radical (unpaired) electrons. The normalized spacial score (nSPS) is 14.8. The minimum absolute atomic E-state index is 0.213. The fourth-order valence-corrected chi connectivity index (χ4v) is 2.14. The van der Waals surface area contributed by atoms with E-state index in [0.29, 0.717) is 0 Å². The Morgan fingerprint density at radius 1 is 0.882 bits per heavy atom. The summed E-state index contributed by atoms with van der Waals surface area (Å²) in [5.74, 6) is 0. The summed E-state index contributed by atoms with van der Waals surface area (Å²) >= 11 is 0. The molecule has 0 aromatic carbocycles. The van der Waals surface area contributed by atoms with Crippen LogP contribution >= 0.6 is 0 Å². The van der Waals surface area contributed by atoms with Crippen molar-refractivity contribution in [2.45, 2.75) is 90.7 Å². The zero-order valence-electron chi connectivity index (χ0n) is 12.2. The van der Waals surface area contributed by atoms with Gasteiger partial charge in [0.2, 0.25) is 0 Å². The third-order valence-electron chi connectivity index (χ3n) is 3.42. The summed E-state index contributed by atoms with van der Waals surface area (Å²) in [7, 11) is 0. The van der Waals surface area contributed by atoms with Crippen molar-refractivity contribution in [2.24, 2.45) is 5.73 Å². The second-order valence-electron chi connectivity index (χ2n) is 5.09. The van der Waals surface area contributed by atoms with Gasteiger partial charge in [-0.25, -0.2) is 0 Å². The van der Waals surface area contributed by atoms with E-state index < -0.39 is 0 Å². The molecule has 2 atom stereocenters. The molecule has 0 aliphatic carbocycles. The Labute approximate surface area is 108 Å². The molecule has 0 heterocycles. The first-order valence-corrected chi connectivity index (χ1v) is 7.59. The second-order valence-corrected chi connectivity index (χ2v) is 5.09. The molecular weight excluding hydrogens is 210 g/mol. The van der Waals surface area contributed by atoms with E-state index in [1.165, 1.54) is 51.4 Å². The van der Waals surface area contributed by atoms with Gasteiger partial charge in [-0.05, 0) is 20.3 Å². The van der Waals surface area contributed by atoms with Gasteiger partial charge in [0.25, 0.3) is 0 Å². The highest BCUT2D eigenvalue weighted by Gasteiger charge is 2.11. The lowest BCUT2D eigenvalue weighted by Crippen LogP contribution is -2.34. The molecule has 2 heteroatoms. The van der Waals surface area contributed by atoms with Crippen LogP contribution < -0.4 is 5.73 Å². The molecule has 2 nitrogen and oxygen atoms in total. The summed E-state index contributed by atoms with van der Waals surface area (Å²) in [6.07, 6.45) is 12.2. The highest BCUT2D eigenvalue weighted by Crippen LogP contribution is 2.11. The van der Waals surface area contributed by atoms with Gasteiger partial charge in [-0.2, -0.15) is 0 Å². The van der Waals surface area contributed by atoms with Crippen molar-refractivity contribution in [3.05, 3.63) is 0 Å². The summed E-state index contributed by atoms with van der Waals surface area (Å²) in [5.41, 5.74) is 6.06. The second kappa shape index (κ2) is 12.4. The van der Waals surface area contributed by atoms with Crippen LogP contribution in [0.15, 0.2) is 0 Å². The summed E-state index contributed by atoms with van der Waals surface area (Å²) in [6, 6.07) is 0.218. The van der Waals surface area contributed by atoms with Crippen LogP contribution in [0.3, 0.4) is 0 Å². The van der Waals surface area contributed by atoms with E-state index in [-0.39, 0.29) is 12.1 Å². The predicted octanol–water partition coefficient (Wildman–Crippen LogP) is 4.27. The Hall–Kier alpha value is -0.0800. The molecule has 0 aromatic heterocycles. The third-order valence-corrected chi connectivity index (χ3v) is 3.42. The van der Waals surface area contributed by atoms with Crippen molar-refractivity contribution in [2.75, 3.05) is 6.61 Å². The molecule has 0 spiro atoms. The lowest BCUT2D eigenvalue weighted by atomic mass is 10.0. The van der Waals surface area contributed by atoms with E-state index in [0.717, 1.165) is 13.0 Å². The van der Waals surface area contributed by atoms with Crippen LogP contribution in [0.1, 0.15) is 78.6 Å². The van der Waals surface area contributed by atoms with Gasteiger partial charge >= 0.3 is 0 Å². The van der Waals surface area contributed by atoms with Gasteiger partial charge in [-0.1, -0.05) is 58.3 Å². The van der Waals surface area contributed by atoms with Crippen LogP contribution in [0.25, 0.3) is 0 Å². The molecule has 0 saturated carbocycles. The molecule has 2 unspecified atom stereocenters. The summed E-state index contributed by atoms with van der Waals surface area (Å²) in [4.78, 5) is 0. The molecule has 17 heavy (non-hydrogen) atoms. The van der Waals surface area contributed by atoms with Gasteiger partial charge < -0.3 is 10.5 Å². The first kappa shape index (κ1) is 16.9. The number of hydrogen-bond acceptors (Lipinski definition) is 2. The summed E-state index contributed by atoms with van der Waals surface area (Å²) < 4.78 is 5.50. The highest BCUT2D eigenvalue weighted by molar-refractivity contribution is 4.68. The predicted molar refractivity (Wildman–Crippen MR) is 76.3 cm³/mol. The fraction of sp³-hybridized carbons (Fsp3) is 1.00. The molecule has 0 amide bonds. The van der Waals surface area contributed by atoms with Gasteiger partial charge in [-0.15, -0.1) is 0 Å². The van der Waals surface area contributed by atoms with Gasteiger partial charge in [-0.3, -0.25) is 0 Å². The zero-order valence-corrected chi connectivity index (χ0v) is 12.2. The van der Waals surface area contributed by atoms with Crippen LogP contribution in [0.2, 0.25) is 0 Å². The molecule has 0 aliphatic rings. The Morgan fingerprint density at radius 3 is 1.94 bits per heavy atom. The maximum Gasteiger partial charge on any atom is 0.0697 e. The molecular formula is C15H33NO. The Kier molecular flexibility index (Phi) is 12.3. The monoisotopic (exact) mass is 243 g/mol. The van der Waals surface area contributed by atoms with E-state index in [2.05, 4.69) is 13.8 Å². The lowest BCUT2D eigenvalue weighted by molar-refractivity contribution is 0.0549. The standard InChI is InChI=1S/C15H33NO/c1-4-6-7-8-9-10-11-12-13-15(16)14(3)17-5-2/h14-15H,4-13,16H2,1-3H3. The molecule has 104 valence electrons. The largest absolute Gasteiger partial charge is 0.377 e. The van der Waals surface area contributed by atoms with Crippen LogP contribution in [-0.2, 0) is 4.74 Å². The maximum absolute atomic E-state index is 6.06. The van der Waals surface area contributed by atoms with E-state index in [1.54, 1.807) is 0 Å². The molecule has 2 N–H and O–H groups in total. The minimum Gasteiger partial charge on any atom is -0.377 e. The zero-order chi connectivity index (χ0) is 12.9. The Morgan fingerprint density at radius 2 is 1.41 bits per heavy atom. The van der Waals surface area contributed by atoms with E-state index in [9.17, 15) is 0 Å². The van der Waals surface area contributed by atoms with Gasteiger partial charge in [0.1, 0.15) is 0 Å². The Balaban J connectivity index is 3.21. The van der Waals surface area contributed by atoms with Crippen LogP contribution in [0.5, 0.6) is 0 Å². The molecule has 0 rings (SSSR count). The SMILES string of the molecule is CCCCCCCCCCC(N)C(C)OCC. The van der Waals surface area contributed by atoms with Crippen molar-refractivity contribution in [3.63, 3.8) is 0 Å². The highest BCUT2D eigenvalue weighted by atomic mass is 16.5. The first-order valence-electron chi connectivity index (χ1n) is 7.59. The van der Waals surface area contributed by atoms with Crippen molar-refractivity contribution in [1.29, 1.82) is 0 Å². The number of ether oxygens (including phenoxy) is 1. The molecule has 0 bridgehead atoms. The third kappa shape index (κ3) is 10.8. The van der Waals surface area contributed by atoms with Crippen molar-refractivity contribution < 1.29 is 4.74 Å². The topological polar surface area (TPSA) is 35.2 Å². The minimum atomic E-state index is 0.213. The van der Waals surface area contributed by atoms with Crippen molar-refractivity contribution in [3.8, 4) is 0 Å². The van der Waals surface area contributed by atoms with Crippen LogP contribution in [0.4, 0.5) is 0 Å². The van der Waals surface area contributed by atoms with E-state index in [1.807, 2.05) is 6.92 Å². The van der Waals surface area contributed by atoms with Crippen molar-refractivity contribution >= 4 is 0 Å². The molecule has 0 saturated heterocycles. The fourth-order valence-electron chi connectivity index (χ4n) is 2.14. The quantitative estimate of drug-likeness (QED) is 0.520. The summed E-state index contributed by atoms with van der Waals surface area (Å²) in [6.45, 7) is 7.14. The average molecular weight is 243 g/mol. The smallest absolute Gasteiger partial charge is 0.0697 e.